The lowest BCUT2D eigenvalue weighted by Crippen LogP contribution is -2.15. The fourth-order valence-corrected chi connectivity index (χ4v) is 5.37. The molecule has 0 aliphatic heterocycles. The van der Waals surface area contributed by atoms with E-state index in [4.69, 9.17) is 0 Å². The minimum Gasteiger partial charge on any atom is -0.325 e. The van der Waals surface area contributed by atoms with Crippen molar-refractivity contribution in [3.8, 4) is 10.6 Å². The Kier molecular flexibility index (Phi) is 5.84. The van der Waals surface area contributed by atoms with E-state index in [2.05, 4.69) is 21.4 Å². The second-order valence-electron chi connectivity index (χ2n) is 6.63. The van der Waals surface area contributed by atoms with E-state index < -0.39 is 0 Å². The number of pyridine rings is 1. The molecule has 1 fully saturated rings. The van der Waals surface area contributed by atoms with Crippen LogP contribution in [0.5, 0.6) is 0 Å². The molecule has 0 radical (unpaired) electrons. The Labute approximate surface area is 167 Å². The van der Waals surface area contributed by atoms with Gasteiger partial charge in [-0.1, -0.05) is 25.0 Å². The summed E-state index contributed by atoms with van der Waals surface area (Å²) in [5, 5.41) is 6.58. The molecule has 6 heteroatoms. The maximum absolute atomic E-state index is 12.5. The van der Waals surface area contributed by atoms with E-state index in [9.17, 15) is 4.79 Å². The van der Waals surface area contributed by atoms with Crippen LogP contribution in [-0.2, 0) is 11.2 Å². The number of aromatic nitrogens is 2. The van der Waals surface area contributed by atoms with Crippen LogP contribution in [0.15, 0.2) is 59.1 Å². The third-order valence-electron chi connectivity index (χ3n) is 4.56. The van der Waals surface area contributed by atoms with Gasteiger partial charge in [-0.2, -0.15) is 0 Å². The largest absolute Gasteiger partial charge is 0.325 e. The van der Waals surface area contributed by atoms with Crippen LogP contribution in [0.4, 0.5) is 5.69 Å². The van der Waals surface area contributed by atoms with Gasteiger partial charge in [0.05, 0.1) is 17.8 Å². The number of carbonyl (C=O) groups is 1. The highest BCUT2D eigenvalue weighted by molar-refractivity contribution is 8.00. The number of benzene rings is 1. The molecule has 4 nitrogen and oxygen atoms in total. The Morgan fingerprint density at radius 2 is 2.04 bits per heavy atom. The van der Waals surface area contributed by atoms with Gasteiger partial charge < -0.3 is 5.32 Å². The first-order chi connectivity index (χ1) is 13.3. The molecule has 1 aliphatic carbocycles. The Morgan fingerprint density at radius 3 is 2.85 bits per heavy atom. The van der Waals surface area contributed by atoms with Crippen molar-refractivity contribution in [3.63, 3.8) is 0 Å². The molecule has 4 rings (SSSR count). The first-order valence-corrected chi connectivity index (χ1v) is 10.9. The van der Waals surface area contributed by atoms with E-state index in [1.165, 1.54) is 25.7 Å². The molecule has 2 aromatic heterocycles. The number of thioether (sulfide) groups is 1. The Bertz CT molecular complexity index is 905. The van der Waals surface area contributed by atoms with Gasteiger partial charge in [0, 0.05) is 33.5 Å². The zero-order valence-corrected chi connectivity index (χ0v) is 16.6. The van der Waals surface area contributed by atoms with Crippen LogP contribution in [0.25, 0.3) is 10.6 Å². The highest BCUT2D eigenvalue weighted by Crippen LogP contribution is 2.38. The molecule has 3 aromatic rings. The van der Waals surface area contributed by atoms with Gasteiger partial charge in [0.15, 0.2) is 0 Å². The Hall–Kier alpha value is -2.18. The van der Waals surface area contributed by atoms with Crippen molar-refractivity contribution in [2.24, 2.45) is 0 Å². The fraction of sp³-hybridized carbons (Fsp3) is 0.286. The molecular formula is C21H21N3OS2. The van der Waals surface area contributed by atoms with Crippen molar-refractivity contribution >= 4 is 34.7 Å². The van der Waals surface area contributed by atoms with Gasteiger partial charge in [0.2, 0.25) is 5.91 Å². The average molecular weight is 396 g/mol. The predicted molar refractivity (Wildman–Crippen MR) is 112 cm³/mol. The maximum Gasteiger partial charge on any atom is 0.230 e. The van der Waals surface area contributed by atoms with Crippen LogP contribution in [-0.4, -0.2) is 21.1 Å². The molecule has 1 N–H and O–H groups in total. The van der Waals surface area contributed by atoms with Crippen LogP contribution in [0.1, 0.15) is 31.4 Å². The molecule has 0 bridgehead atoms. The minimum atomic E-state index is -0.0301. The number of hydrogen-bond acceptors (Lipinski definition) is 5. The number of carbonyl (C=O) groups excluding carboxylic acids is 1. The highest BCUT2D eigenvalue weighted by Gasteiger charge is 2.18. The van der Waals surface area contributed by atoms with E-state index in [1.54, 1.807) is 23.7 Å². The lowest BCUT2D eigenvalue weighted by Gasteiger charge is -2.13. The lowest BCUT2D eigenvalue weighted by molar-refractivity contribution is -0.115. The van der Waals surface area contributed by atoms with Crippen LogP contribution in [0, 0.1) is 0 Å². The minimum absolute atomic E-state index is 0.0301. The number of anilines is 1. The number of nitrogens with one attached hydrogen (secondary N) is 1. The standard InChI is InChI=1S/C21H21N3OS2/c25-20(12-16-14-26-21(23-16)15-6-5-11-22-13-15)24-18-9-3-4-10-19(18)27-17-7-1-2-8-17/h3-6,9-11,13-14,17H,1-2,7-8,12H2,(H,24,25). The number of hydrogen-bond donors (Lipinski definition) is 1. The number of para-hydroxylation sites is 1. The zero-order valence-electron chi connectivity index (χ0n) is 14.9. The summed E-state index contributed by atoms with van der Waals surface area (Å²) in [6.45, 7) is 0. The SMILES string of the molecule is O=C(Cc1csc(-c2cccnc2)n1)Nc1ccccc1SC1CCCC1. The molecule has 1 saturated carbocycles. The first-order valence-electron chi connectivity index (χ1n) is 9.18. The summed E-state index contributed by atoms with van der Waals surface area (Å²) in [5.41, 5.74) is 2.67. The van der Waals surface area contributed by atoms with Crippen LogP contribution < -0.4 is 5.32 Å². The number of amides is 1. The number of rotatable bonds is 6. The number of nitrogens with zero attached hydrogens (tertiary/aromatic N) is 2. The summed E-state index contributed by atoms with van der Waals surface area (Å²) in [4.78, 5) is 22.4. The van der Waals surface area contributed by atoms with Crippen LogP contribution in [0.3, 0.4) is 0 Å². The van der Waals surface area contributed by atoms with Gasteiger partial charge in [0.1, 0.15) is 5.01 Å². The molecule has 0 unspecified atom stereocenters. The molecule has 1 amide bonds. The van der Waals surface area contributed by atoms with Crippen LogP contribution in [0.2, 0.25) is 0 Å². The van der Waals surface area contributed by atoms with Gasteiger partial charge in [-0.15, -0.1) is 23.1 Å². The molecule has 1 aromatic carbocycles. The van der Waals surface area contributed by atoms with E-state index in [0.717, 1.165) is 26.8 Å². The smallest absolute Gasteiger partial charge is 0.230 e. The van der Waals surface area contributed by atoms with Crippen molar-refractivity contribution in [1.82, 2.24) is 9.97 Å². The molecule has 0 saturated heterocycles. The van der Waals surface area contributed by atoms with E-state index >= 15 is 0 Å². The summed E-state index contributed by atoms with van der Waals surface area (Å²) in [6, 6.07) is 12.0. The van der Waals surface area contributed by atoms with Gasteiger partial charge in [0.25, 0.3) is 0 Å². The van der Waals surface area contributed by atoms with Crippen molar-refractivity contribution < 1.29 is 4.79 Å². The highest BCUT2D eigenvalue weighted by atomic mass is 32.2. The third kappa shape index (κ3) is 4.76. The van der Waals surface area contributed by atoms with E-state index in [0.29, 0.717) is 5.25 Å². The number of thiazole rings is 1. The molecule has 1 aliphatic rings. The molecule has 2 heterocycles. The Balaban J connectivity index is 1.40. The van der Waals surface area contributed by atoms with Crippen molar-refractivity contribution in [1.29, 1.82) is 0 Å². The lowest BCUT2D eigenvalue weighted by atomic mass is 10.2. The van der Waals surface area contributed by atoms with Crippen LogP contribution >= 0.6 is 23.1 Å². The second kappa shape index (κ2) is 8.67. The molecule has 0 atom stereocenters. The van der Waals surface area contributed by atoms with Gasteiger partial charge in [-0.3, -0.25) is 9.78 Å². The van der Waals surface area contributed by atoms with E-state index in [-0.39, 0.29) is 12.3 Å². The monoisotopic (exact) mass is 395 g/mol. The summed E-state index contributed by atoms with van der Waals surface area (Å²) in [6.07, 6.45) is 8.97. The van der Waals surface area contributed by atoms with Crippen molar-refractivity contribution in [2.45, 2.75) is 42.2 Å². The predicted octanol–water partition coefficient (Wildman–Crippen LogP) is 5.42. The fourth-order valence-electron chi connectivity index (χ4n) is 3.23. The van der Waals surface area contributed by atoms with Gasteiger partial charge in [-0.05, 0) is 37.1 Å². The maximum atomic E-state index is 12.5. The molecular weight excluding hydrogens is 374 g/mol. The average Bonchev–Trinajstić information content (AvgIpc) is 3.36. The molecule has 138 valence electrons. The zero-order chi connectivity index (χ0) is 18.5. The van der Waals surface area contributed by atoms with E-state index in [1.807, 2.05) is 47.5 Å². The third-order valence-corrected chi connectivity index (χ3v) is 6.91. The first kappa shape index (κ1) is 18.2. The summed E-state index contributed by atoms with van der Waals surface area (Å²) < 4.78 is 0. The summed E-state index contributed by atoms with van der Waals surface area (Å²) in [5.74, 6) is -0.0301. The Morgan fingerprint density at radius 1 is 1.19 bits per heavy atom. The van der Waals surface area contributed by atoms with Crippen molar-refractivity contribution in [3.05, 3.63) is 59.9 Å². The normalized spacial score (nSPS) is 14.4. The summed E-state index contributed by atoms with van der Waals surface area (Å²) >= 11 is 3.43. The molecule has 27 heavy (non-hydrogen) atoms. The summed E-state index contributed by atoms with van der Waals surface area (Å²) in [7, 11) is 0. The quantitative estimate of drug-likeness (QED) is 0.605. The van der Waals surface area contributed by atoms with Gasteiger partial charge >= 0.3 is 0 Å². The van der Waals surface area contributed by atoms with Crippen molar-refractivity contribution in [2.75, 3.05) is 5.32 Å². The topological polar surface area (TPSA) is 54.9 Å². The molecule has 0 spiro atoms. The second-order valence-corrected chi connectivity index (χ2v) is 8.83. The van der Waals surface area contributed by atoms with Gasteiger partial charge in [-0.25, -0.2) is 4.98 Å².